The van der Waals surface area contributed by atoms with Crippen LogP contribution < -0.4 is 14.8 Å². The summed E-state index contributed by atoms with van der Waals surface area (Å²) in [6.07, 6.45) is 3.42. The zero-order chi connectivity index (χ0) is 22.9. The number of methoxy groups -OCH3 is 1. The van der Waals surface area contributed by atoms with Crippen molar-refractivity contribution >= 4 is 17.6 Å². The van der Waals surface area contributed by atoms with E-state index in [1.54, 1.807) is 31.6 Å². The van der Waals surface area contributed by atoms with Crippen molar-refractivity contribution in [2.75, 3.05) is 38.7 Å². The van der Waals surface area contributed by atoms with E-state index in [1.807, 2.05) is 24.3 Å². The molecule has 2 aromatic carbocycles. The van der Waals surface area contributed by atoms with Gasteiger partial charge < -0.3 is 24.8 Å². The highest BCUT2D eigenvalue weighted by Gasteiger charge is 2.13. The number of carboxylic acids is 1. The highest BCUT2D eigenvalue weighted by Crippen LogP contribution is 2.26. The topological polar surface area (TPSA) is 96.8 Å². The van der Waals surface area contributed by atoms with Crippen molar-refractivity contribution in [3.63, 3.8) is 0 Å². The molecule has 0 fully saturated rings. The van der Waals surface area contributed by atoms with E-state index in [1.165, 1.54) is 6.07 Å². The van der Waals surface area contributed by atoms with Gasteiger partial charge in [-0.15, -0.1) is 0 Å². The Morgan fingerprint density at radius 3 is 2.31 bits per heavy atom. The van der Waals surface area contributed by atoms with E-state index in [0.29, 0.717) is 24.0 Å². The highest BCUT2D eigenvalue weighted by molar-refractivity contribution is 5.92. The Balaban J connectivity index is 1.68. The lowest BCUT2D eigenvalue weighted by Crippen LogP contribution is -2.28. The minimum atomic E-state index is -1.05. The van der Waals surface area contributed by atoms with Gasteiger partial charge in [-0.3, -0.25) is 0 Å². The summed E-state index contributed by atoms with van der Waals surface area (Å²) in [4.78, 5) is 22.6. The molecule has 8 nitrogen and oxygen atoms in total. The van der Waals surface area contributed by atoms with Crippen molar-refractivity contribution in [2.24, 2.45) is 0 Å². The van der Waals surface area contributed by atoms with Gasteiger partial charge in [0, 0.05) is 30.2 Å². The first-order chi connectivity index (χ1) is 15.5. The fraction of sp³-hybridized carbons (Fsp3) is 0.292. The monoisotopic (exact) mass is 436 g/mol. The Bertz CT molecular complexity index is 1020. The maximum atomic E-state index is 11.7. The van der Waals surface area contributed by atoms with E-state index in [0.717, 1.165) is 36.5 Å². The van der Waals surface area contributed by atoms with Crippen LogP contribution in [0.3, 0.4) is 0 Å². The van der Waals surface area contributed by atoms with E-state index in [-0.39, 0.29) is 5.56 Å². The summed E-state index contributed by atoms with van der Waals surface area (Å²) in [5.41, 5.74) is 2.48. The van der Waals surface area contributed by atoms with Gasteiger partial charge >= 0.3 is 5.97 Å². The van der Waals surface area contributed by atoms with Crippen LogP contribution in [0.4, 0.5) is 11.6 Å². The molecule has 0 spiro atoms. The van der Waals surface area contributed by atoms with Crippen LogP contribution in [-0.2, 0) is 0 Å². The maximum absolute atomic E-state index is 11.7. The third kappa shape index (κ3) is 5.95. The SMILES string of the molecule is CCN(CC)CCOc1ccc(Nc2ncc(-c3ccc(OC)cc3)cn2)cc1C(=O)O. The smallest absolute Gasteiger partial charge is 0.339 e. The molecule has 0 aliphatic rings. The van der Waals surface area contributed by atoms with Crippen LogP contribution in [0.15, 0.2) is 54.9 Å². The molecule has 3 aromatic rings. The second kappa shape index (κ2) is 11.1. The minimum Gasteiger partial charge on any atom is -0.497 e. The summed E-state index contributed by atoms with van der Waals surface area (Å²) in [7, 11) is 1.62. The van der Waals surface area contributed by atoms with Crippen molar-refractivity contribution in [3.05, 3.63) is 60.4 Å². The lowest BCUT2D eigenvalue weighted by Gasteiger charge is -2.18. The zero-order valence-corrected chi connectivity index (χ0v) is 18.5. The number of hydrogen-bond acceptors (Lipinski definition) is 7. The Kier molecular flexibility index (Phi) is 7.99. The number of benzene rings is 2. The molecular formula is C24H28N4O4. The standard InChI is InChI=1S/C24H28N4O4/c1-4-28(5-2)12-13-32-22-11-8-19(14-21(22)23(29)30)27-24-25-15-18(16-26-24)17-6-9-20(31-3)10-7-17/h6-11,14-16H,4-5,12-13H2,1-3H3,(H,29,30)(H,25,26,27). The second-order valence-electron chi connectivity index (χ2n) is 7.04. The summed E-state index contributed by atoms with van der Waals surface area (Å²) < 4.78 is 10.9. The molecular weight excluding hydrogens is 408 g/mol. The van der Waals surface area contributed by atoms with Crippen LogP contribution in [-0.4, -0.2) is 59.3 Å². The van der Waals surface area contributed by atoms with Gasteiger partial charge in [-0.05, 0) is 49.0 Å². The predicted octanol–water partition coefficient (Wildman–Crippen LogP) is 4.31. The van der Waals surface area contributed by atoms with Crippen LogP contribution in [0.25, 0.3) is 11.1 Å². The van der Waals surface area contributed by atoms with Gasteiger partial charge in [0.2, 0.25) is 5.95 Å². The highest BCUT2D eigenvalue weighted by atomic mass is 16.5. The van der Waals surface area contributed by atoms with Gasteiger partial charge in [0.1, 0.15) is 23.7 Å². The van der Waals surface area contributed by atoms with E-state index in [9.17, 15) is 9.90 Å². The first-order valence-corrected chi connectivity index (χ1v) is 10.5. The molecule has 0 radical (unpaired) electrons. The van der Waals surface area contributed by atoms with E-state index < -0.39 is 5.97 Å². The fourth-order valence-corrected chi connectivity index (χ4v) is 3.18. The number of nitrogens with zero attached hydrogens (tertiary/aromatic N) is 3. The number of likely N-dealkylation sites (N-methyl/N-ethyl adjacent to an activating group) is 1. The number of aromatic nitrogens is 2. The van der Waals surface area contributed by atoms with Crippen molar-refractivity contribution in [3.8, 4) is 22.6 Å². The Morgan fingerprint density at radius 1 is 1.03 bits per heavy atom. The molecule has 32 heavy (non-hydrogen) atoms. The third-order valence-electron chi connectivity index (χ3n) is 5.10. The summed E-state index contributed by atoms with van der Waals surface area (Å²) in [5.74, 6) is 0.435. The van der Waals surface area contributed by atoms with Crippen molar-refractivity contribution in [2.45, 2.75) is 13.8 Å². The molecule has 0 amide bonds. The van der Waals surface area contributed by atoms with Gasteiger partial charge in [0.15, 0.2) is 0 Å². The van der Waals surface area contributed by atoms with Crippen molar-refractivity contribution in [1.29, 1.82) is 0 Å². The number of nitrogens with one attached hydrogen (secondary N) is 1. The lowest BCUT2D eigenvalue weighted by atomic mass is 10.1. The summed E-state index contributed by atoms with van der Waals surface area (Å²) in [5, 5.41) is 12.6. The first kappa shape index (κ1) is 23.0. The number of hydrogen-bond donors (Lipinski definition) is 2. The lowest BCUT2D eigenvalue weighted by molar-refractivity contribution is 0.0691. The molecule has 8 heteroatoms. The van der Waals surface area contributed by atoms with Crippen LogP contribution in [0.5, 0.6) is 11.5 Å². The molecule has 168 valence electrons. The molecule has 3 rings (SSSR count). The Labute approximate surface area is 187 Å². The van der Waals surface area contributed by atoms with Crippen LogP contribution in [0.2, 0.25) is 0 Å². The molecule has 0 aliphatic carbocycles. The maximum Gasteiger partial charge on any atom is 0.339 e. The van der Waals surface area contributed by atoms with Gasteiger partial charge in [0.25, 0.3) is 0 Å². The van der Waals surface area contributed by atoms with Crippen molar-refractivity contribution in [1.82, 2.24) is 14.9 Å². The number of rotatable bonds is 11. The van der Waals surface area contributed by atoms with Crippen LogP contribution in [0, 0.1) is 0 Å². The average molecular weight is 437 g/mol. The van der Waals surface area contributed by atoms with Crippen LogP contribution >= 0.6 is 0 Å². The number of aromatic carboxylic acids is 1. The summed E-state index contributed by atoms with van der Waals surface area (Å²) in [6.45, 7) is 7.17. The summed E-state index contributed by atoms with van der Waals surface area (Å²) in [6, 6.07) is 12.5. The Hall–Kier alpha value is -3.65. The van der Waals surface area contributed by atoms with Gasteiger partial charge in [-0.2, -0.15) is 0 Å². The molecule has 2 N–H and O–H groups in total. The summed E-state index contributed by atoms with van der Waals surface area (Å²) >= 11 is 0. The van der Waals surface area contributed by atoms with Gasteiger partial charge in [0.05, 0.1) is 7.11 Å². The number of carbonyl (C=O) groups is 1. The minimum absolute atomic E-state index is 0.0874. The number of carboxylic acid groups (broad SMARTS) is 1. The molecule has 1 heterocycles. The van der Waals surface area contributed by atoms with Crippen molar-refractivity contribution < 1.29 is 19.4 Å². The molecule has 1 aromatic heterocycles. The Morgan fingerprint density at radius 2 is 1.72 bits per heavy atom. The van der Waals surface area contributed by atoms with E-state index in [2.05, 4.69) is 34.0 Å². The second-order valence-corrected chi connectivity index (χ2v) is 7.04. The van der Waals surface area contributed by atoms with E-state index in [4.69, 9.17) is 9.47 Å². The normalized spacial score (nSPS) is 10.8. The van der Waals surface area contributed by atoms with Gasteiger partial charge in [-0.25, -0.2) is 14.8 Å². The average Bonchev–Trinajstić information content (AvgIpc) is 2.83. The molecule has 0 bridgehead atoms. The van der Waals surface area contributed by atoms with E-state index >= 15 is 0 Å². The zero-order valence-electron chi connectivity index (χ0n) is 18.5. The molecule has 0 unspecified atom stereocenters. The number of ether oxygens (including phenoxy) is 2. The van der Waals surface area contributed by atoms with Crippen LogP contribution in [0.1, 0.15) is 24.2 Å². The molecule has 0 saturated heterocycles. The molecule has 0 saturated carbocycles. The molecule has 0 aliphatic heterocycles. The number of anilines is 2. The quantitative estimate of drug-likeness (QED) is 0.459. The van der Waals surface area contributed by atoms with Gasteiger partial charge in [-0.1, -0.05) is 26.0 Å². The fourth-order valence-electron chi connectivity index (χ4n) is 3.18. The predicted molar refractivity (Wildman–Crippen MR) is 124 cm³/mol. The first-order valence-electron chi connectivity index (χ1n) is 10.5. The molecule has 0 atom stereocenters. The largest absolute Gasteiger partial charge is 0.497 e. The third-order valence-corrected chi connectivity index (χ3v) is 5.10.